The Labute approximate surface area is 129 Å². The lowest BCUT2D eigenvalue weighted by Crippen LogP contribution is -2.36. The quantitative estimate of drug-likeness (QED) is 0.520. The Morgan fingerprint density at radius 2 is 1.41 bits per heavy atom. The van der Waals surface area contributed by atoms with Gasteiger partial charge in [-0.2, -0.15) is 0 Å². The van der Waals surface area contributed by atoms with E-state index in [1.165, 1.54) is 27.4 Å². The second kappa shape index (κ2) is 7.88. The monoisotopic (exact) mass is 314 g/mol. The van der Waals surface area contributed by atoms with Crippen molar-refractivity contribution in [2.45, 2.75) is 0 Å². The molecular formula is C15H22O7. The third-order valence-corrected chi connectivity index (χ3v) is 3.49. The maximum absolute atomic E-state index is 10.2. The Kier molecular flexibility index (Phi) is 6.48. The van der Waals surface area contributed by atoms with Crippen LogP contribution in [0.25, 0.3) is 6.08 Å². The molecule has 0 saturated heterocycles. The van der Waals surface area contributed by atoms with Gasteiger partial charge in [-0.15, -0.1) is 0 Å². The fourth-order valence-corrected chi connectivity index (χ4v) is 1.86. The van der Waals surface area contributed by atoms with Gasteiger partial charge in [0.2, 0.25) is 0 Å². The van der Waals surface area contributed by atoms with E-state index in [9.17, 15) is 20.4 Å². The predicted molar refractivity (Wildman–Crippen MR) is 80.4 cm³/mol. The molecule has 124 valence electrons. The van der Waals surface area contributed by atoms with Gasteiger partial charge in [-0.3, -0.25) is 0 Å². The Morgan fingerprint density at radius 1 is 0.955 bits per heavy atom. The molecule has 0 unspecified atom stereocenters. The van der Waals surface area contributed by atoms with Gasteiger partial charge in [0.15, 0.2) is 0 Å². The van der Waals surface area contributed by atoms with Crippen LogP contribution in [0.15, 0.2) is 17.9 Å². The highest BCUT2D eigenvalue weighted by Gasteiger charge is 2.33. The molecule has 7 heteroatoms. The molecule has 22 heavy (non-hydrogen) atoms. The molecule has 0 heterocycles. The molecule has 0 aliphatic carbocycles. The molecule has 0 aliphatic rings. The normalized spacial score (nSPS) is 12.2. The number of methoxy groups -OCH3 is 3. The summed E-state index contributed by atoms with van der Waals surface area (Å²) in [7, 11) is 4.38. The Hall–Kier alpha value is -1.96. The summed E-state index contributed by atoms with van der Waals surface area (Å²) in [4.78, 5) is 0. The second-order valence-corrected chi connectivity index (χ2v) is 4.73. The first-order valence-corrected chi connectivity index (χ1v) is 6.55. The SMILES string of the molecule is COc1cc(OC)c(C=C(O)C(CO)(CO)CO)c(OC)c1. The third-order valence-electron chi connectivity index (χ3n) is 3.49. The molecule has 1 aromatic rings. The lowest BCUT2D eigenvalue weighted by atomic mass is 9.87. The van der Waals surface area contributed by atoms with E-state index >= 15 is 0 Å². The van der Waals surface area contributed by atoms with E-state index < -0.39 is 25.2 Å². The molecule has 0 aliphatic heterocycles. The summed E-state index contributed by atoms with van der Waals surface area (Å²) in [5, 5.41) is 38.3. The minimum Gasteiger partial charge on any atom is -0.511 e. The van der Waals surface area contributed by atoms with Gasteiger partial charge in [-0.25, -0.2) is 0 Å². The van der Waals surface area contributed by atoms with Crippen molar-refractivity contribution >= 4 is 6.08 Å². The highest BCUT2D eigenvalue weighted by atomic mass is 16.5. The zero-order valence-electron chi connectivity index (χ0n) is 12.9. The fraction of sp³-hybridized carbons (Fsp3) is 0.467. The van der Waals surface area contributed by atoms with Gasteiger partial charge in [0.1, 0.15) is 23.0 Å². The van der Waals surface area contributed by atoms with Crippen LogP contribution in [-0.2, 0) is 0 Å². The fourth-order valence-electron chi connectivity index (χ4n) is 1.86. The van der Waals surface area contributed by atoms with Gasteiger partial charge in [0.25, 0.3) is 0 Å². The number of rotatable bonds is 8. The van der Waals surface area contributed by atoms with E-state index in [1.807, 2.05) is 0 Å². The number of aliphatic hydroxyl groups excluding tert-OH is 4. The molecule has 0 spiro atoms. The lowest BCUT2D eigenvalue weighted by molar-refractivity contribution is 0.00637. The molecule has 0 amide bonds. The van der Waals surface area contributed by atoms with Gasteiger partial charge in [-0.1, -0.05) is 0 Å². The number of benzene rings is 1. The van der Waals surface area contributed by atoms with Crippen LogP contribution in [-0.4, -0.2) is 61.6 Å². The van der Waals surface area contributed by atoms with Gasteiger partial charge in [0.05, 0.1) is 52.1 Å². The summed E-state index contributed by atoms with van der Waals surface area (Å²) in [5.74, 6) is 0.848. The van der Waals surface area contributed by atoms with E-state index in [0.29, 0.717) is 22.8 Å². The standard InChI is InChI=1S/C15H22O7/c1-20-10-4-12(21-2)11(13(5-10)22-3)6-14(19)15(7-16,8-17)9-18/h4-6,16-19H,7-9H2,1-3H3. The zero-order valence-corrected chi connectivity index (χ0v) is 12.9. The summed E-state index contributed by atoms with van der Waals surface area (Å²) in [6.07, 6.45) is 1.28. The Bertz CT molecular complexity index is 487. The van der Waals surface area contributed by atoms with Crippen LogP contribution in [0.5, 0.6) is 17.2 Å². The summed E-state index contributed by atoms with van der Waals surface area (Å²) in [6.45, 7) is -1.87. The van der Waals surface area contributed by atoms with Gasteiger partial charge >= 0.3 is 0 Å². The van der Waals surface area contributed by atoms with Crippen LogP contribution < -0.4 is 14.2 Å². The summed E-state index contributed by atoms with van der Waals surface area (Å²) in [6, 6.07) is 3.19. The number of aliphatic hydroxyl groups is 4. The van der Waals surface area contributed by atoms with Crippen molar-refractivity contribution < 1.29 is 34.6 Å². The zero-order chi connectivity index (χ0) is 16.8. The molecule has 7 nitrogen and oxygen atoms in total. The summed E-state index contributed by atoms with van der Waals surface area (Å²) in [5.41, 5.74) is -1.15. The average molecular weight is 314 g/mol. The van der Waals surface area contributed by atoms with Crippen LogP contribution >= 0.6 is 0 Å². The minimum absolute atomic E-state index is 0.366. The second-order valence-electron chi connectivity index (χ2n) is 4.73. The first kappa shape index (κ1) is 18.1. The van der Waals surface area contributed by atoms with Crippen molar-refractivity contribution in [2.24, 2.45) is 5.41 Å². The van der Waals surface area contributed by atoms with Gasteiger partial charge in [0, 0.05) is 12.1 Å². The van der Waals surface area contributed by atoms with E-state index in [4.69, 9.17) is 14.2 Å². The van der Waals surface area contributed by atoms with Crippen molar-refractivity contribution in [2.75, 3.05) is 41.2 Å². The van der Waals surface area contributed by atoms with Gasteiger partial charge in [-0.05, 0) is 6.08 Å². The molecule has 0 fully saturated rings. The molecule has 4 N–H and O–H groups in total. The highest BCUT2D eigenvalue weighted by Crippen LogP contribution is 2.37. The Balaban J connectivity index is 3.45. The van der Waals surface area contributed by atoms with E-state index in [1.54, 1.807) is 12.1 Å². The van der Waals surface area contributed by atoms with Crippen molar-refractivity contribution in [3.63, 3.8) is 0 Å². The van der Waals surface area contributed by atoms with Crippen LogP contribution in [0, 0.1) is 5.41 Å². The van der Waals surface area contributed by atoms with Crippen LogP contribution in [0.1, 0.15) is 5.56 Å². The van der Waals surface area contributed by atoms with Crippen molar-refractivity contribution in [1.29, 1.82) is 0 Å². The number of hydrogen-bond donors (Lipinski definition) is 4. The predicted octanol–water partition coefficient (Wildman–Crippen LogP) is 0.575. The molecule has 0 saturated carbocycles. The molecule has 0 radical (unpaired) electrons. The van der Waals surface area contributed by atoms with Crippen LogP contribution in [0.4, 0.5) is 0 Å². The first-order chi connectivity index (χ1) is 10.5. The highest BCUT2D eigenvalue weighted by molar-refractivity contribution is 5.68. The average Bonchev–Trinajstić information content (AvgIpc) is 2.56. The van der Waals surface area contributed by atoms with Crippen LogP contribution in [0.3, 0.4) is 0 Å². The lowest BCUT2D eigenvalue weighted by Gasteiger charge is -2.26. The van der Waals surface area contributed by atoms with Crippen molar-refractivity contribution in [1.82, 2.24) is 0 Å². The maximum atomic E-state index is 10.2. The van der Waals surface area contributed by atoms with Crippen LogP contribution in [0.2, 0.25) is 0 Å². The third kappa shape index (κ3) is 3.44. The van der Waals surface area contributed by atoms with Gasteiger partial charge < -0.3 is 34.6 Å². The first-order valence-electron chi connectivity index (χ1n) is 6.55. The van der Waals surface area contributed by atoms with E-state index in [2.05, 4.69) is 0 Å². The molecule has 0 atom stereocenters. The van der Waals surface area contributed by atoms with E-state index in [0.717, 1.165) is 0 Å². The number of hydrogen-bond acceptors (Lipinski definition) is 7. The largest absolute Gasteiger partial charge is 0.511 e. The Morgan fingerprint density at radius 3 is 1.73 bits per heavy atom. The molecule has 0 bridgehead atoms. The number of ether oxygens (including phenoxy) is 3. The molecule has 0 aromatic heterocycles. The molecular weight excluding hydrogens is 292 g/mol. The van der Waals surface area contributed by atoms with Crippen molar-refractivity contribution in [3.05, 3.63) is 23.5 Å². The summed E-state index contributed by atoms with van der Waals surface area (Å²) < 4.78 is 15.6. The molecule has 1 aromatic carbocycles. The summed E-state index contributed by atoms with van der Waals surface area (Å²) >= 11 is 0. The topological polar surface area (TPSA) is 109 Å². The van der Waals surface area contributed by atoms with Crippen molar-refractivity contribution in [3.8, 4) is 17.2 Å². The smallest absolute Gasteiger partial charge is 0.133 e. The molecule has 1 rings (SSSR count). The maximum Gasteiger partial charge on any atom is 0.133 e. The minimum atomic E-state index is -1.55. The van der Waals surface area contributed by atoms with E-state index in [-0.39, 0.29) is 5.76 Å².